The van der Waals surface area contributed by atoms with E-state index in [1.54, 1.807) is 6.92 Å². The zero-order valence-corrected chi connectivity index (χ0v) is 16.6. The molecule has 0 spiro atoms. The molecule has 0 fully saturated rings. The van der Waals surface area contributed by atoms with Crippen LogP contribution in [0.3, 0.4) is 0 Å². The fourth-order valence-electron chi connectivity index (χ4n) is 3.06. The van der Waals surface area contributed by atoms with Gasteiger partial charge in [0.05, 0.1) is 39.9 Å². The number of rotatable bonds is 6. The second-order valence-corrected chi connectivity index (χ2v) is 8.23. The Morgan fingerprint density at radius 3 is 2.74 bits per heavy atom. The predicted octanol–water partition coefficient (Wildman–Crippen LogP) is 2.11. The topological polar surface area (TPSA) is 103 Å². The highest BCUT2D eigenvalue weighted by molar-refractivity contribution is 7.18. The van der Waals surface area contributed by atoms with Gasteiger partial charge in [-0.15, -0.1) is 11.3 Å². The van der Waals surface area contributed by atoms with Gasteiger partial charge in [-0.3, -0.25) is 14.9 Å². The fraction of sp³-hybridized carbons (Fsp3) is 0.412. The molecule has 144 valence electrons. The van der Waals surface area contributed by atoms with Gasteiger partial charge in [0, 0.05) is 12.5 Å². The molecule has 1 aliphatic heterocycles. The van der Waals surface area contributed by atoms with Crippen molar-refractivity contribution >= 4 is 44.6 Å². The van der Waals surface area contributed by atoms with Gasteiger partial charge in [-0.05, 0) is 25.5 Å². The number of thiophene rings is 2. The Balaban J connectivity index is 1.91. The van der Waals surface area contributed by atoms with Crippen molar-refractivity contribution in [3.05, 3.63) is 43.1 Å². The van der Waals surface area contributed by atoms with Gasteiger partial charge in [0.15, 0.2) is 0 Å². The van der Waals surface area contributed by atoms with Crippen LogP contribution in [-0.4, -0.2) is 36.5 Å². The molecule has 0 aliphatic carbocycles. The average Bonchev–Trinajstić information content (AvgIpc) is 3.26. The first-order chi connectivity index (χ1) is 12.9. The van der Waals surface area contributed by atoms with Crippen LogP contribution in [0.4, 0.5) is 10.0 Å². The summed E-state index contributed by atoms with van der Waals surface area (Å²) in [6, 6.07) is 2.71. The van der Waals surface area contributed by atoms with Crippen molar-refractivity contribution in [1.82, 2.24) is 0 Å². The van der Waals surface area contributed by atoms with Gasteiger partial charge in [0.1, 0.15) is 11.5 Å². The Morgan fingerprint density at radius 2 is 2.11 bits per heavy atom. The van der Waals surface area contributed by atoms with E-state index < -0.39 is 16.8 Å². The highest BCUT2D eigenvalue weighted by Crippen LogP contribution is 2.36. The number of nitro groups is 1. The minimum atomic E-state index is -0.530. The van der Waals surface area contributed by atoms with Crippen molar-refractivity contribution in [1.29, 1.82) is 0 Å². The van der Waals surface area contributed by atoms with Crippen LogP contribution < -0.4 is 10.2 Å². The molecule has 8 nitrogen and oxygen atoms in total. The number of nitrogens with one attached hydrogen (secondary N) is 2. The maximum atomic E-state index is 12.5. The van der Waals surface area contributed by atoms with Crippen molar-refractivity contribution in [2.45, 2.75) is 26.8 Å². The molecule has 10 heteroatoms. The summed E-state index contributed by atoms with van der Waals surface area (Å²) in [5.41, 5.74) is 1.37. The minimum absolute atomic E-state index is 0.0987. The minimum Gasteiger partial charge on any atom is -0.462 e. The molecule has 0 bridgehead atoms. The molecule has 0 aromatic carbocycles. The van der Waals surface area contributed by atoms with Gasteiger partial charge in [-0.2, -0.15) is 0 Å². The number of likely N-dealkylation sites (N-methyl/N-ethyl adjacent to an activating group) is 1. The third-order valence-electron chi connectivity index (χ3n) is 4.43. The third-order valence-corrected chi connectivity index (χ3v) is 6.62. The van der Waals surface area contributed by atoms with Crippen LogP contribution in [0.25, 0.3) is 0 Å². The van der Waals surface area contributed by atoms with E-state index in [1.165, 1.54) is 28.4 Å². The number of ether oxygens (including phenoxy) is 1. The molecular weight excluding hydrogens is 390 g/mol. The molecule has 2 aromatic heterocycles. The zero-order valence-electron chi connectivity index (χ0n) is 15.0. The van der Waals surface area contributed by atoms with E-state index in [2.05, 4.69) is 12.2 Å². The van der Waals surface area contributed by atoms with E-state index in [0.717, 1.165) is 47.8 Å². The molecule has 0 radical (unpaired) electrons. The lowest BCUT2D eigenvalue weighted by Crippen LogP contribution is -3.11. The van der Waals surface area contributed by atoms with E-state index in [4.69, 9.17) is 4.74 Å². The SMILES string of the molecule is CCOC(=O)c1c(NC(=O)c2ccc([N+](=O)[O-])s2)sc2c1CC[NH+](CC)C2. The van der Waals surface area contributed by atoms with Crippen LogP contribution in [0.5, 0.6) is 0 Å². The number of esters is 1. The molecule has 2 aromatic rings. The Hall–Kier alpha value is -2.30. The number of quaternary nitrogens is 1. The second kappa shape index (κ2) is 8.15. The molecule has 3 rings (SSSR count). The van der Waals surface area contributed by atoms with Gasteiger partial charge in [-0.25, -0.2) is 4.79 Å². The van der Waals surface area contributed by atoms with E-state index in [-0.39, 0.29) is 16.5 Å². The summed E-state index contributed by atoms with van der Waals surface area (Å²) < 4.78 is 5.19. The van der Waals surface area contributed by atoms with Gasteiger partial charge >= 0.3 is 11.0 Å². The largest absolute Gasteiger partial charge is 0.462 e. The lowest BCUT2D eigenvalue weighted by Gasteiger charge is -2.22. The van der Waals surface area contributed by atoms with Crippen molar-refractivity contribution < 1.29 is 24.1 Å². The van der Waals surface area contributed by atoms with Crippen molar-refractivity contribution in [2.75, 3.05) is 25.0 Å². The summed E-state index contributed by atoms with van der Waals surface area (Å²) in [7, 11) is 0. The summed E-state index contributed by atoms with van der Waals surface area (Å²) >= 11 is 2.19. The molecule has 2 N–H and O–H groups in total. The summed E-state index contributed by atoms with van der Waals surface area (Å²) in [6.45, 7) is 6.84. The van der Waals surface area contributed by atoms with Crippen LogP contribution in [0.1, 0.15) is 44.3 Å². The third kappa shape index (κ3) is 4.02. The van der Waals surface area contributed by atoms with Crippen molar-refractivity contribution in [3.63, 3.8) is 0 Å². The molecule has 1 unspecified atom stereocenters. The summed E-state index contributed by atoms with van der Waals surface area (Å²) in [6.07, 6.45) is 0.753. The van der Waals surface area contributed by atoms with E-state index in [1.807, 2.05) is 0 Å². The lowest BCUT2D eigenvalue weighted by atomic mass is 10.0. The fourth-order valence-corrected chi connectivity index (χ4v) is 5.08. The molecule has 0 saturated heterocycles. The highest BCUT2D eigenvalue weighted by Gasteiger charge is 2.31. The summed E-state index contributed by atoms with van der Waals surface area (Å²) in [5.74, 6) is -0.903. The first-order valence-electron chi connectivity index (χ1n) is 8.65. The van der Waals surface area contributed by atoms with Crippen LogP contribution in [0.15, 0.2) is 12.1 Å². The second-order valence-electron chi connectivity index (χ2n) is 6.06. The number of anilines is 1. The molecule has 27 heavy (non-hydrogen) atoms. The van der Waals surface area contributed by atoms with Crippen molar-refractivity contribution in [2.24, 2.45) is 0 Å². The molecule has 1 atom stereocenters. The Kier molecular flexibility index (Phi) is 5.88. The predicted molar refractivity (Wildman–Crippen MR) is 103 cm³/mol. The first-order valence-corrected chi connectivity index (χ1v) is 10.3. The molecule has 1 amide bonds. The Labute approximate surface area is 163 Å². The number of fused-ring (bicyclic) bond motifs is 1. The summed E-state index contributed by atoms with van der Waals surface area (Å²) in [5, 5.41) is 13.9. The van der Waals surface area contributed by atoms with Crippen LogP contribution in [0.2, 0.25) is 0 Å². The number of hydrogen-bond donors (Lipinski definition) is 2. The smallest absolute Gasteiger partial charge is 0.341 e. The van der Waals surface area contributed by atoms with Crippen LogP contribution in [0, 0.1) is 10.1 Å². The molecular formula is C17H20N3O5S2+. The molecule has 0 saturated carbocycles. The average molecular weight is 410 g/mol. The number of hydrogen-bond acceptors (Lipinski definition) is 7. The number of nitrogens with zero attached hydrogens (tertiary/aromatic N) is 1. The molecule has 1 aliphatic rings. The van der Waals surface area contributed by atoms with E-state index >= 15 is 0 Å². The molecule has 3 heterocycles. The van der Waals surface area contributed by atoms with Crippen LogP contribution >= 0.6 is 22.7 Å². The van der Waals surface area contributed by atoms with Crippen LogP contribution in [-0.2, 0) is 17.7 Å². The lowest BCUT2D eigenvalue weighted by molar-refractivity contribution is -0.913. The Bertz CT molecular complexity index is 889. The van der Waals surface area contributed by atoms with Gasteiger partial charge in [-0.1, -0.05) is 11.3 Å². The number of carbonyl (C=O) groups is 2. The van der Waals surface area contributed by atoms with Crippen molar-refractivity contribution in [3.8, 4) is 0 Å². The Morgan fingerprint density at radius 1 is 1.33 bits per heavy atom. The van der Waals surface area contributed by atoms with E-state index in [9.17, 15) is 19.7 Å². The maximum absolute atomic E-state index is 12.5. The standard InChI is InChI=1S/C17H19N3O5S2/c1-3-19-8-7-10-12(9-19)27-16(14(10)17(22)25-4-2)18-15(21)11-5-6-13(26-11)20(23)24/h5-6H,3-4,7-9H2,1-2H3,(H,18,21)/p+1. The van der Waals surface area contributed by atoms with E-state index in [0.29, 0.717) is 10.6 Å². The monoisotopic (exact) mass is 410 g/mol. The van der Waals surface area contributed by atoms with Gasteiger partial charge in [0.2, 0.25) is 0 Å². The van der Waals surface area contributed by atoms with Gasteiger partial charge < -0.3 is 15.0 Å². The maximum Gasteiger partial charge on any atom is 0.341 e. The number of amides is 1. The zero-order chi connectivity index (χ0) is 19.6. The normalized spacial score (nSPS) is 15.9. The first kappa shape index (κ1) is 19.5. The van der Waals surface area contributed by atoms with Gasteiger partial charge in [0.25, 0.3) is 5.91 Å². The summed E-state index contributed by atoms with van der Waals surface area (Å²) in [4.78, 5) is 38.1. The quantitative estimate of drug-likeness (QED) is 0.431. The number of carbonyl (C=O) groups excluding carboxylic acids is 2. The highest BCUT2D eigenvalue weighted by atomic mass is 32.1.